The summed E-state index contributed by atoms with van der Waals surface area (Å²) in [5.74, 6) is -0.395. The lowest BCUT2D eigenvalue weighted by atomic mass is 9.89. The Hall–Kier alpha value is -2.49. The first-order valence-corrected chi connectivity index (χ1v) is 16.7. The lowest BCUT2D eigenvalue weighted by molar-refractivity contribution is -0.137. The molecule has 2 aromatic carbocycles. The third-order valence-electron chi connectivity index (χ3n) is 8.15. The van der Waals surface area contributed by atoms with Crippen LogP contribution in [0.1, 0.15) is 35.1 Å². The molecule has 3 aliphatic rings. The van der Waals surface area contributed by atoms with Crippen molar-refractivity contribution in [3.63, 3.8) is 0 Å². The fourth-order valence-corrected chi connectivity index (χ4v) is 7.72. The van der Waals surface area contributed by atoms with Crippen LogP contribution in [0, 0.1) is 6.92 Å². The zero-order valence-corrected chi connectivity index (χ0v) is 25.6. The highest BCUT2D eigenvalue weighted by Crippen LogP contribution is 2.34. The number of amidine groups is 1. The molecule has 3 aliphatic heterocycles. The summed E-state index contributed by atoms with van der Waals surface area (Å²) in [6, 6.07) is 10.7. The first kappa shape index (κ1) is 31.9. The van der Waals surface area contributed by atoms with Crippen LogP contribution in [0.4, 0.5) is 13.2 Å². The van der Waals surface area contributed by atoms with Crippen molar-refractivity contribution in [2.45, 2.75) is 42.8 Å². The first-order chi connectivity index (χ1) is 20.5. The van der Waals surface area contributed by atoms with Gasteiger partial charge in [-0.15, -0.1) is 0 Å². The van der Waals surface area contributed by atoms with Gasteiger partial charge >= 0.3 is 6.18 Å². The van der Waals surface area contributed by atoms with Crippen molar-refractivity contribution >= 4 is 33.7 Å². The van der Waals surface area contributed by atoms with Gasteiger partial charge in [0.15, 0.2) is 0 Å². The van der Waals surface area contributed by atoms with Crippen molar-refractivity contribution in [3.05, 3.63) is 64.7 Å². The van der Waals surface area contributed by atoms with Crippen LogP contribution in [0.5, 0.6) is 0 Å². The molecule has 0 atom stereocenters. The fraction of sp³-hybridized carbons (Fsp3) is 0.517. The molecule has 0 saturated carbocycles. The number of nitrogens with zero attached hydrogens (tertiary/aromatic N) is 3. The van der Waals surface area contributed by atoms with Crippen LogP contribution in [0.3, 0.4) is 0 Å². The molecule has 2 saturated heterocycles. The topological polar surface area (TPSA) is 103 Å². The van der Waals surface area contributed by atoms with E-state index in [0.717, 1.165) is 67.5 Å². The SMILES string of the molecule is Cc1cc(SNCCN2CCOCC2)ccc1CCS(=O)(=O)N1CCC2(CC1)N=C(c1cccc(C(F)(F)F)c1)NC2=O. The molecule has 2 N–H and O–H groups in total. The largest absolute Gasteiger partial charge is 0.416 e. The molecular weight excluding hydrogens is 603 g/mol. The van der Waals surface area contributed by atoms with Gasteiger partial charge in [0.1, 0.15) is 11.4 Å². The molecule has 2 aromatic rings. The average Bonchev–Trinajstić information content (AvgIpc) is 3.30. The highest BCUT2D eigenvalue weighted by molar-refractivity contribution is 7.97. The molecule has 1 spiro atoms. The Morgan fingerprint density at radius 3 is 2.53 bits per heavy atom. The number of rotatable bonds is 10. The Bertz CT molecular complexity index is 1450. The van der Waals surface area contributed by atoms with Gasteiger partial charge in [-0.05, 0) is 73.5 Å². The molecule has 0 radical (unpaired) electrons. The van der Waals surface area contributed by atoms with Crippen LogP contribution in [0.2, 0.25) is 0 Å². The number of ether oxygens (including phenoxy) is 1. The number of piperidine rings is 1. The first-order valence-electron chi connectivity index (χ1n) is 14.3. The third-order valence-corrected chi connectivity index (χ3v) is 10.9. The highest BCUT2D eigenvalue weighted by Gasteiger charge is 2.47. The zero-order valence-electron chi connectivity index (χ0n) is 24.0. The molecule has 9 nitrogen and oxygen atoms in total. The molecule has 0 aliphatic carbocycles. The van der Waals surface area contributed by atoms with Crippen LogP contribution in [-0.4, -0.2) is 93.1 Å². The minimum Gasteiger partial charge on any atom is -0.379 e. The van der Waals surface area contributed by atoms with E-state index in [9.17, 15) is 26.4 Å². The van der Waals surface area contributed by atoms with Gasteiger partial charge in [-0.1, -0.05) is 18.2 Å². The summed E-state index contributed by atoms with van der Waals surface area (Å²) in [6.45, 7) is 7.46. The number of amides is 1. The van der Waals surface area contributed by atoms with Gasteiger partial charge in [0, 0.05) is 49.7 Å². The van der Waals surface area contributed by atoms with Crippen molar-refractivity contribution in [3.8, 4) is 0 Å². The molecule has 234 valence electrons. The summed E-state index contributed by atoms with van der Waals surface area (Å²) in [7, 11) is -3.59. The van der Waals surface area contributed by atoms with Crippen molar-refractivity contribution < 1.29 is 31.1 Å². The van der Waals surface area contributed by atoms with E-state index in [1.165, 1.54) is 16.4 Å². The maximum absolute atomic E-state index is 13.2. The molecule has 14 heteroatoms. The standard InChI is InChI=1S/C29H36F3N5O4S2/c1-21-19-25(42-33-10-13-36-14-16-41-17-15-36)6-5-22(21)7-18-43(39,40)37-11-8-28(9-12-37)27(38)34-26(35-28)23-3-2-4-24(20-23)29(30,31)32/h2-6,19-20,33H,7-18H2,1H3,(H,34,35,38). The average molecular weight is 640 g/mol. The van der Waals surface area contributed by atoms with E-state index in [1.807, 2.05) is 19.1 Å². The van der Waals surface area contributed by atoms with E-state index < -0.39 is 33.2 Å². The Balaban J connectivity index is 1.12. The van der Waals surface area contributed by atoms with Gasteiger partial charge in [-0.2, -0.15) is 13.2 Å². The quantitative estimate of drug-likeness (QED) is 0.304. The smallest absolute Gasteiger partial charge is 0.379 e. The van der Waals surface area contributed by atoms with Gasteiger partial charge < -0.3 is 10.1 Å². The fourth-order valence-electron chi connectivity index (χ4n) is 5.51. The normalized spacial score (nSPS) is 19.9. The monoisotopic (exact) mass is 639 g/mol. The molecule has 43 heavy (non-hydrogen) atoms. The van der Waals surface area contributed by atoms with E-state index in [-0.39, 0.29) is 43.1 Å². The zero-order chi connectivity index (χ0) is 30.7. The summed E-state index contributed by atoms with van der Waals surface area (Å²) in [5, 5.41) is 2.61. The number of hydrogen-bond acceptors (Lipinski definition) is 8. The number of alkyl halides is 3. The Morgan fingerprint density at radius 1 is 1.09 bits per heavy atom. The molecule has 0 bridgehead atoms. The Kier molecular flexibility index (Phi) is 9.83. The number of nitrogens with one attached hydrogen (secondary N) is 2. The van der Waals surface area contributed by atoms with Crippen molar-refractivity contribution in [2.24, 2.45) is 4.99 Å². The van der Waals surface area contributed by atoms with E-state index in [1.54, 1.807) is 11.9 Å². The minimum atomic E-state index is -4.52. The number of aliphatic imine (C=N–C) groups is 1. The molecule has 2 fully saturated rings. The highest BCUT2D eigenvalue weighted by atomic mass is 32.2. The summed E-state index contributed by atoms with van der Waals surface area (Å²) in [4.78, 5) is 20.8. The predicted octanol–water partition coefficient (Wildman–Crippen LogP) is 3.23. The van der Waals surface area contributed by atoms with Crippen LogP contribution < -0.4 is 10.0 Å². The van der Waals surface area contributed by atoms with Crippen LogP contribution in [-0.2, 0) is 32.2 Å². The van der Waals surface area contributed by atoms with E-state index >= 15 is 0 Å². The second kappa shape index (κ2) is 13.2. The van der Waals surface area contributed by atoms with Crippen LogP contribution in [0.15, 0.2) is 52.4 Å². The molecular formula is C29H36F3N5O4S2. The summed E-state index contributed by atoms with van der Waals surface area (Å²) >= 11 is 1.56. The van der Waals surface area contributed by atoms with Gasteiger partial charge in [0.25, 0.3) is 5.91 Å². The molecule has 1 amide bonds. The number of carbonyl (C=O) groups excluding carboxylic acids is 1. The summed E-state index contributed by atoms with van der Waals surface area (Å²) < 4.78 is 76.0. The van der Waals surface area contributed by atoms with Crippen LogP contribution in [0.25, 0.3) is 0 Å². The lowest BCUT2D eigenvalue weighted by Crippen LogP contribution is -2.50. The number of sulfonamides is 1. The van der Waals surface area contributed by atoms with E-state index in [4.69, 9.17) is 4.74 Å². The molecule has 0 aromatic heterocycles. The van der Waals surface area contributed by atoms with Gasteiger partial charge in [0.2, 0.25) is 10.0 Å². The second-order valence-electron chi connectivity index (χ2n) is 11.0. The number of hydrogen-bond donors (Lipinski definition) is 2. The van der Waals surface area contributed by atoms with Crippen molar-refractivity contribution in [2.75, 3.05) is 58.2 Å². The van der Waals surface area contributed by atoms with E-state index in [0.29, 0.717) is 6.42 Å². The lowest BCUT2D eigenvalue weighted by Gasteiger charge is -2.34. The second-order valence-corrected chi connectivity index (χ2v) is 14.1. The Labute approximate surface area is 254 Å². The maximum atomic E-state index is 13.2. The van der Waals surface area contributed by atoms with E-state index in [2.05, 4.69) is 26.0 Å². The van der Waals surface area contributed by atoms with Gasteiger partial charge in [0.05, 0.1) is 24.5 Å². The maximum Gasteiger partial charge on any atom is 0.416 e. The minimum absolute atomic E-state index is 0.0594. The van der Waals surface area contributed by atoms with Crippen LogP contribution >= 0.6 is 11.9 Å². The number of morpholine rings is 1. The number of carbonyl (C=O) groups is 1. The third kappa shape index (κ3) is 7.78. The van der Waals surface area contributed by atoms with Gasteiger partial charge in [-0.3, -0.25) is 19.4 Å². The summed E-state index contributed by atoms with van der Waals surface area (Å²) in [6.07, 6.45) is -3.84. The number of halogens is 3. The summed E-state index contributed by atoms with van der Waals surface area (Å²) in [5.41, 5.74) is 0.130. The molecule has 0 unspecified atom stereocenters. The number of aryl methyl sites for hydroxylation is 2. The number of benzene rings is 2. The Morgan fingerprint density at radius 2 is 1.84 bits per heavy atom. The molecule has 3 heterocycles. The van der Waals surface area contributed by atoms with Crippen molar-refractivity contribution in [1.82, 2.24) is 19.2 Å². The molecule has 5 rings (SSSR count). The van der Waals surface area contributed by atoms with Gasteiger partial charge in [-0.25, -0.2) is 12.7 Å². The van der Waals surface area contributed by atoms with Crippen molar-refractivity contribution in [1.29, 1.82) is 0 Å². The predicted molar refractivity (Wildman–Crippen MR) is 159 cm³/mol.